The molecule has 1 saturated heterocycles. The number of hydrogen-bond acceptors (Lipinski definition) is 3. The summed E-state index contributed by atoms with van der Waals surface area (Å²) < 4.78 is 5.75. The summed E-state index contributed by atoms with van der Waals surface area (Å²) in [4.78, 5) is 5.02. The maximum absolute atomic E-state index is 5.75. The van der Waals surface area contributed by atoms with Gasteiger partial charge in [-0.3, -0.25) is 4.90 Å². The molecule has 0 radical (unpaired) electrons. The fourth-order valence-electron chi connectivity index (χ4n) is 3.24. The highest BCUT2D eigenvalue weighted by molar-refractivity contribution is 5.53. The Morgan fingerprint density at radius 2 is 1.61 bits per heavy atom. The first-order chi connectivity index (χ1) is 11.3. The number of nitrogens with zero attached hydrogens (tertiary/aromatic N) is 2. The Morgan fingerprint density at radius 1 is 0.913 bits per heavy atom. The topological polar surface area (TPSA) is 15.7 Å². The Labute approximate surface area is 139 Å². The molecule has 2 aromatic carbocycles. The molecule has 0 amide bonds. The lowest BCUT2D eigenvalue weighted by atomic mass is 10.1. The molecule has 1 heterocycles. The van der Waals surface area contributed by atoms with Gasteiger partial charge in [0.1, 0.15) is 5.75 Å². The summed E-state index contributed by atoms with van der Waals surface area (Å²) in [5.41, 5.74) is 4.03. The zero-order valence-corrected chi connectivity index (χ0v) is 14.2. The maximum Gasteiger partial charge on any atom is 0.123 e. The molecule has 0 saturated carbocycles. The molecule has 0 atom stereocenters. The molecule has 3 nitrogen and oxygen atoms in total. The van der Waals surface area contributed by atoms with Crippen LogP contribution in [0.3, 0.4) is 0 Å². The van der Waals surface area contributed by atoms with Crippen LogP contribution in [0.2, 0.25) is 0 Å². The Morgan fingerprint density at radius 3 is 2.35 bits per heavy atom. The van der Waals surface area contributed by atoms with Crippen molar-refractivity contribution in [2.75, 3.05) is 37.7 Å². The molecule has 2 aromatic rings. The van der Waals surface area contributed by atoms with Crippen LogP contribution in [-0.2, 0) is 6.54 Å². The number of aryl methyl sites for hydroxylation is 1. The predicted octanol–water partition coefficient (Wildman–Crippen LogP) is 3.72. The van der Waals surface area contributed by atoms with E-state index in [-0.39, 0.29) is 0 Å². The molecule has 122 valence electrons. The van der Waals surface area contributed by atoms with Crippen LogP contribution < -0.4 is 9.64 Å². The summed E-state index contributed by atoms with van der Waals surface area (Å²) in [6, 6.07) is 17.1. The van der Waals surface area contributed by atoms with Gasteiger partial charge in [-0.1, -0.05) is 36.4 Å². The van der Waals surface area contributed by atoms with E-state index in [1.54, 1.807) is 0 Å². The molecule has 0 aliphatic carbocycles. The van der Waals surface area contributed by atoms with Gasteiger partial charge in [-0.05, 0) is 31.5 Å². The van der Waals surface area contributed by atoms with Gasteiger partial charge >= 0.3 is 0 Å². The molecule has 1 fully saturated rings. The second-order valence-electron chi connectivity index (χ2n) is 6.09. The summed E-state index contributed by atoms with van der Waals surface area (Å²) in [5, 5.41) is 0. The minimum atomic E-state index is 0.720. The minimum absolute atomic E-state index is 0.720. The molecule has 0 spiro atoms. The first-order valence-corrected chi connectivity index (χ1v) is 8.51. The molecule has 0 bridgehead atoms. The molecule has 0 aromatic heterocycles. The van der Waals surface area contributed by atoms with E-state index in [0.29, 0.717) is 0 Å². The highest BCUT2D eigenvalue weighted by Gasteiger charge is 2.19. The van der Waals surface area contributed by atoms with Gasteiger partial charge in [0.2, 0.25) is 0 Å². The van der Waals surface area contributed by atoms with Crippen molar-refractivity contribution in [3.8, 4) is 5.75 Å². The summed E-state index contributed by atoms with van der Waals surface area (Å²) >= 11 is 0. The highest BCUT2D eigenvalue weighted by Crippen LogP contribution is 2.23. The monoisotopic (exact) mass is 310 g/mol. The minimum Gasteiger partial charge on any atom is -0.494 e. The third-order valence-electron chi connectivity index (χ3n) is 4.49. The molecule has 0 N–H and O–H groups in total. The molecule has 1 aliphatic heterocycles. The number of piperazine rings is 1. The Kier molecular flexibility index (Phi) is 5.19. The smallest absolute Gasteiger partial charge is 0.123 e. The van der Waals surface area contributed by atoms with E-state index in [9.17, 15) is 0 Å². The standard InChI is InChI=1S/C20H26N2O/c1-3-23-20-11-7-5-9-18(20)16-21-12-14-22(15-13-21)19-10-6-4-8-17(19)2/h4-11H,3,12-16H2,1-2H3. The summed E-state index contributed by atoms with van der Waals surface area (Å²) in [6.07, 6.45) is 0. The average Bonchev–Trinajstić information content (AvgIpc) is 2.58. The SMILES string of the molecule is CCOc1ccccc1CN1CCN(c2ccccc2C)CC1. The number of rotatable bonds is 5. The van der Waals surface area contributed by atoms with E-state index < -0.39 is 0 Å². The van der Waals surface area contributed by atoms with Gasteiger partial charge in [0.15, 0.2) is 0 Å². The van der Waals surface area contributed by atoms with Crippen LogP contribution in [0.5, 0.6) is 5.75 Å². The lowest BCUT2D eigenvalue weighted by molar-refractivity contribution is 0.243. The van der Waals surface area contributed by atoms with E-state index in [1.807, 2.05) is 13.0 Å². The van der Waals surface area contributed by atoms with Gasteiger partial charge in [-0.2, -0.15) is 0 Å². The molecule has 0 unspecified atom stereocenters. The van der Waals surface area contributed by atoms with Crippen LogP contribution in [0, 0.1) is 6.92 Å². The summed E-state index contributed by atoms with van der Waals surface area (Å²) in [7, 11) is 0. The van der Waals surface area contributed by atoms with Crippen LogP contribution in [-0.4, -0.2) is 37.7 Å². The second kappa shape index (κ2) is 7.51. The quantitative estimate of drug-likeness (QED) is 0.837. The normalized spacial score (nSPS) is 15.7. The Hall–Kier alpha value is -2.00. The Bertz CT molecular complexity index is 633. The molecule has 23 heavy (non-hydrogen) atoms. The summed E-state index contributed by atoms with van der Waals surface area (Å²) in [5.74, 6) is 1.02. The van der Waals surface area contributed by atoms with Gasteiger partial charge < -0.3 is 9.64 Å². The predicted molar refractivity (Wildman–Crippen MR) is 96.3 cm³/mol. The molecule has 1 aliphatic rings. The number of anilines is 1. The van der Waals surface area contributed by atoms with Crippen LogP contribution >= 0.6 is 0 Å². The third-order valence-corrected chi connectivity index (χ3v) is 4.49. The molecular formula is C20H26N2O. The van der Waals surface area contributed by atoms with Crippen molar-refractivity contribution in [1.29, 1.82) is 0 Å². The molecule has 3 heteroatoms. The van der Waals surface area contributed by atoms with Gasteiger partial charge in [0.05, 0.1) is 6.61 Å². The van der Waals surface area contributed by atoms with E-state index in [1.165, 1.54) is 16.8 Å². The highest BCUT2D eigenvalue weighted by atomic mass is 16.5. The van der Waals surface area contributed by atoms with E-state index in [0.717, 1.165) is 45.1 Å². The van der Waals surface area contributed by atoms with Crippen molar-refractivity contribution in [3.63, 3.8) is 0 Å². The van der Waals surface area contributed by atoms with Gasteiger partial charge in [0.25, 0.3) is 0 Å². The number of hydrogen-bond donors (Lipinski definition) is 0. The largest absolute Gasteiger partial charge is 0.494 e. The van der Waals surface area contributed by atoms with Crippen LogP contribution in [0.25, 0.3) is 0 Å². The zero-order valence-electron chi connectivity index (χ0n) is 14.2. The molecule has 3 rings (SSSR count). The lowest BCUT2D eigenvalue weighted by Gasteiger charge is -2.37. The van der Waals surface area contributed by atoms with Crippen LogP contribution in [0.4, 0.5) is 5.69 Å². The number of ether oxygens (including phenoxy) is 1. The van der Waals surface area contributed by atoms with E-state index in [2.05, 4.69) is 59.2 Å². The number of para-hydroxylation sites is 2. The van der Waals surface area contributed by atoms with Crippen molar-refractivity contribution in [1.82, 2.24) is 4.90 Å². The van der Waals surface area contributed by atoms with Crippen molar-refractivity contribution in [2.24, 2.45) is 0 Å². The van der Waals surface area contributed by atoms with Crippen molar-refractivity contribution in [2.45, 2.75) is 20.4 Å². The first kappa shape index (κ1) is 15.9. The molecular weight excluding hydrogens is 284 g/mol. The first-order valence-electron chi connectivity index (χ1n) is 8.51. The Balaban J connectivity index is 1.61. The van der Waals surface area contributed by atoms with Crippen LogP contribution in [0.1, 0.15) is 18.1 Å². The fraction of sp³-hybridized carbons (Fsp3) is 0.400. The van der Waals surface area contributed by atoms with Crippen LogP contribution in [0.15, 0.2) is 48.5 Å². The van der Waals surface area contributed by atoms with E-state index >= 15 is 0 Å². The van der Waals surface area contributed by atoms with Gasteiger partial charge in [-0.25, -0.2) is 0 Å². The van der Waals surface area contributed by atoms with Crippen molar-refractivity contribution >= 4 is 5.69 Å². The van der Waals surface area contributed by atoms with Crippen molar-refractivity contribution < 1.29 is 4.74 Å². The summed E-state index contributed by atoms with van der Waals surface area (Å²) in [6.45, 7) is 10.3. The zero-order chi connectivity index (χ0) is 16.1. The number of benzene rings is 2. The third kappa shape index (κ3) is 3.85. The average molecular weight is 310 g/mol. The lowest BCUT2D eigenvalue weighted by Crippen LogP contribution is -2.46. The fourth-order valence-corrected chi connectivity index (χ4v) is 3.24. The van der Waals surface area contributed by atoms with Gasteiger partial charge in [0, 0.05) is 44.0 Å². The van der Waals surface area contributed by atoms with E-state index in [4.69, 9.17) is 4.74 Å². The second-order valence-corrected chi connectivity index (χ2v) is 6.09. The maximum atomic E-state index is 5.75. The van der Waals surface area contributed by atoms with Crippen molar-refractivity contribution in [3.05, 3.63) is 59.7 Å². The van der Waals surface area contributed by atoms with Gasteiger partial charge in [-0.15, -0.1) is 0 Å².